The average molecular weight is 787 g/mol. The SMILES string of the molecule is Cc1ccsc1-c1nnc(-c2nc(-c3ccc(C(=O)N4CCCN(C(=O)O)C(C(C)(C)C)C4)cc3C#N)cnc2N(C(=O)OC(C)(C)C)C(=O)OC(C)(C)C)o1. The molecule has 5 rings (SSSR count). The molecule has 16 nitrogen and oxygen atoms in total. The molecule has 17 heteroatoms. The van der Waals surface area contributed by atoms with E-state index in [1.54, 1.807) is 58.6 Å². The van der Waals surface area contributed by atoms with Crippen LogP contribution in [-0.2, 0) is 9.47 Å². The molecule has 56 heavy (non-hydrogen) atoms. The molecule has 1 unspecified atom stereocenters. The second-order valence-electron chi connectivity index (χ2n) is 16.4. The average Bonchev–Trinajstić information content (AvgIpc) is 3.68. The molecule has 4 amide bonds. The number of nitriles is 1. The van der Waals surface area contributed by atoms with Gasteiger partial charge in [-0.2, -0.15) is 10.2 Å². The van der Waals surface area contributed by atoms with E-state index in [2.05, 4.69) is 21.3 Å². The molecule has 0 aliphatic carbocycles. The molecule has 1 aliphatic rings. The molecule has 1 fully saturated rings. The summed E-state index contributed by atoms with van der Waals surface area (Å²) in [5.74, 6) is -0.708. The van der Waals surface area contributed by atoms with Gasteiger partial charge < -0.3 is 28.8 Å². The number of aryl methyl sites for hydroxylation is 1. The maximum absolute atomic E-state index is 13.9. The lowest BCUT2D eigenvalue weighted by atomic mass is 9.85. The maximum Gasteiger partial charge on any atom is 0.425 e. The second-order valence-corrected chi connectivity index (χ2v) is 17.3. The summed E-state index contributed by atoms with van der Waals surface area (Å²) < 4.78 is 17.3. The largest absolute Gasteiger partial charge is 0.465 e. The van der Waals surface area contributed by atoms with Crippen molar-refractivity contribution in [3.63, 3.8) is 0 Å². The van der Waals surface area contributed by atoms with Crippen LogP contribution in [-0.4, -0.2) is 96.1 Å². The number of carboxylic acid groups (broad SMARTS) is 1. The van der Waals surface area contributed by atoms with Crippen molar-refractivity contribution in [2.45, 2.75) is 92.9 Å². The van der Waals surface area contributed by atoms with Gasteiger partial charge in [-0.15, -0.1) is 21.5 Å². The lowest BCUT2D eigenvalue weighted by Gasteiger charge is -2.39. The van der Waals surface area contributed by atoms with E-state index >= 15 is 0 Å². The van der Waals surface area contributed by atoms with Gasteiger partial charge in [0.25, 0.3) is 17.7 Å². The summed E-state index contributed by atoms with van der Waals surface area (Å²) >= 11 is 1.38. The zero-order valence-corrected chi connectivity index (χ0v) is 34.0. The monoisotopic (exact) mass is 786 g/mol. The zero-order valence-electron chi connectivity index (χ0n) is 33.2. The molecular weight excluding hydrogens is 741 g/mol. The Kier molecular flexibility index (Phi) is 11.6. The van der Waals surface area contributed by atoms with Gasteiger partial charge in [0.2, 0.25) is 0 Å². The van der Waals surface area contributed by atoms with Crippen molar-refractivity contribution in [2.75, 3.05) is 24.5 Å². The van der Waals surface area contributed by atoms with Gasteiger partial charge in [0.15, 0.2) is 11.5 Å². The van der Waals surface area contributed by atoms with E-state index in [1.807, 2.05) is 39.1 Å². The van der Waals surface area contributed by atoms with E-state index in [0.717, 1.165) is 5.56 Å². The van der Waals surface area contributed by atoms with Gasteiger partial charge >= 0.3 is 18.3 Å². The van der Waals surface area contributed by atoms with Crippen LogP contribution < -0.4 is 4.90 Å². The molecule has 1 N–H and O–H groups in total. The van der Waals surface area contributed by atoms with Crippen LogP contribution in [0.25, 0.3) is 33.6 Å². The van der Waals surface area contributed by atoms with E-state index in [9.17, 15) is 29.5 Å². The van der Waals surface area contributed by atoms with Crippen LogP contribution in [0.3, 0.4) is 0 Å². The molecule has 0 saturated carbocycles. The van der Waals surface area contributed by atoms with Gasteiger partial charge in [0.1, 0.15) is 11.2 Å². The first-order valence-electron chi connectivity index (χ1n) is 17.9. The first kappa shape index (κ1) is 41.3. The Morgan fingerprint density at radius 2 is 1.61 bits per heavy atom. The number of hydrogen-bond acceptors (Lipinski definition) is 13. The van der Waals surface area contributed by atoms with Crippen molar-refractivity contribution in [2.24, 2.45) is 5.41 Å². The fourth-order valence-corrected chi connectivity index (χ4v) is 6.85. The Hall–Kier alpha value is -5.89. The Balaban J connectivity index is 1.61. The number of carbonyl (C=O) groups is 4. The number of anilines is 1. The standard InChI is InChI=1S/C39H46N8O8S/c1-22-14-17-56-29(22)32-44-43-31(53-32)28-30(47(35(51)54-38(5,6)7)36(52)55-39(8,9)10)41-20-26(42-28)25-13-12-23(18-24(25)19-40)33(48)45-15-11-16-46(34(49)50)27(21-45)37(2,3)4/h12-14,17-18,20,27H,11,15-16,21H2,1-10H3,(H,49,50). The Morgan fingerprint density at radius 3 is 2.16 bits per heavy atom. The van der Waals surface area contributed by atoms with E-state index < -0.39 is 40.9 Å². The number of benzene rings is 1. The van der Waals surface area contributed by atoms with E-state index in [-0.39, 0.29) is 64.7 Å². The van der Waals surface area contributed by atoms with Crippen molar-refractivity contribution in [1.29, 1.82) is 5.26 Å². The van der Waals surface area contributed by atoms with Crippen molar-refractivity contribution >= 4 is 41.3 Å². The van der Waals surface area contributed by atoms with Crippen LogP contribution in [0.2, 0.25) is 0 Å². The Labute approximate surface area is 329 Å². The number of amides is 4. The number of hydrogen-bond donors (Lipinski definition) is 1. The highest BCUT2D eigenvalue weighted by molar-refractivity contribution is 7.13. The highest BCUT2D eigenvalue weighted by atomic mass is 32.1. The second kappa shape index (κ2) is 15.7. The summed E-state index contributed by atoms with van der Waals surface area (Å²) in [7, 11) is 0. The topological polar surface area (TPSA) is 205 Å². The minimum atomic E-state index is -1.10. The molecule has 296 valence electrons. The molecule has 3 aromatic heterocycles. The highest BCUT2D eigenvalue weighted by Gasteiger charge is 2.39. The number of imide groups is 1. The van der Waals surface area contributed by atoms with Gasteiger partial charge in [-0.05, 0) is 89.4 Å². The summed E-state index contributed by atoms with van der Waals surface area (Å²) in [6.07, 6.45) is -1.52. The summed E-state index contributed by atoms with van der Waals surface area (Å²) in [4.78, 5) is 67.0. The molecule has 0 bridgehead atoms. The van der Waals surface area contributed by atoms with Crippen LogP contribution in [0, 0.1) is 23.7 Å². The third-order valence-electron chi connectivity index (χ3n) is 8.59. The van der Waals surface area contributed by atoms with Crippen LogP contribution >= 0.6 is 11.3 Å². The maximum atomic E-state index is 13.9. The first-order valence-corrected chi connectivity index (χ1v) is 18.8. The van der Waals surface area contributed by atoms with Crippen molar-refractivity contribution in [3.05, 3.63) is 52.5 Å². The number of carbonyl (C=O) groups excluding carboxylic acids is 3. The van der Waals surface area contributed by atoms with Crippen molar-refractivity contribution in [3.8, 4) is 39.7 Å². The third kappa shape index (κ3) is 9.31. The lowest BCUT2D eigenvalue weighted by molar-refractivity contribution is 0.0428. The molecule has 0 radical (unpaired) electrons. The van der Waals surface area contributed by atoms with Crippen LogP contribution in [0.1, 0.15) is 90.2 Å². The van der Waals surface area contributed by atoms with E-state index in [1.165, 1.54) is 28.5 Å². The molecular formula is C39H46N8O8S. The van der Waals surface area contributed by atoms with Gasteiger partial charge in [-0.25, -0.2) is 24.4 Å². The quantitative estimate of drug-likeness (QED) is 0.204. The Bertz CT molecular complexity index is 2160. The number of nitrogens with zero attached hydrogens (tertiary/aromatic N) is 8. The Morgan fingerprint density at radius 1 is 0.964 bits per heavy atom. The summed E-state index contributed by atoms with van der Waals surface area (Å²) in [5.41, 5.74) is -1.08. The normalized spacial score (nSPS) is 15.1. The number of thiophene rings is 1. The fourth-order valence-electron chi connectivity index (χ4n) is 6.00. The summed E-state index contributed by atoms with van der Waals surface area (Å²) in [6, 6.07) is 8.12. The van der Waals surface area contributed by atoms with E-state index in [4.69, 9.17) is 18.9 Å². The number of rotatable bonds is 5. The van der Waals surface area contributed by atoms with Gasteiger partial charge in [-0.1, -0.05) is 26.8 Å². The van der Waals surface area contributed by atoms with Crippen molar-refractivity contribution < 1.29 is 38.2 Å². The predicted molar refractivity (Wildman–Crippen MR) is 207 cm³/mol. The molecule has 1 atom stereocenters. The number of ether oxygens (including phenoxy) is 2. The predicted octanol–water partition coefficient (Wildman–Crippen LogP) is 8.02. The van der Waals surface area contributed by atoms with Crippen LogP contribution in [0.15, 0.2) is 40.3 Å². The molecule has 4 aromatic rings. The van der Waals surface area contributed by atoms with Crippen LogP contribution in [0.5, 0.6) is 0 Å². The van der Waals surface area contributed by atoms with Gasteiger partial charge in [0, 0.05) is 30.8 Å². The fraction of sp³-hybridized carbons (Fsp3) is 0.462. The van der Waals surface area contributed by atoms with Gasteiger partial charge in [0.05, 0.1) is 34.4 Å². The first-order chi connectivity index (χ1) is 26.1. The molecule has 0 spiro atoms. The summed E-state index contributed by atoms with van der Waals surface area (Å²) in [5, 5.41) is 30.5. The lowest BCUT2D eigenvalue weighted by Crippen LogP contribution is -2.51. The van der Waals surface area contributed by atoms with Gasteiger partial charge in [-0.3, -0.25) is 4.79 Å². The minimum absolute atomic E-state index is 0.0785. The number of aromatic nitrogens is 4. The molecule has 1 aliphatic heterocycles. The van der Waals surface area contributed by atoms with Crippen molar-refractivity contribution in [1.82, 2.24) is 30.0 Å². The minimum Gasteiger partial charge on any atom is -0.465 e. The summed E-state index contributed by atoms with van der Waals surface area (Å²) in [6.45, 7) is 18.3. The molecule has 1 saturated heterocycles. The smallest absolute Gasteiger partial charge is 0.425 e. The highest BCUT2D eigenvalue weighted by Crippen LogP contribution is 2.36. The van der Waals surface area contributed by atoms with E-state index in [0.29, 0.717) is 22.7 Å². The third-order valence-corrected chi connectivity index (χ3v) is 9.60. The zero-order chi connectivity index (χ0) is 41.3. The van der Waals surface area contributed by atoms with Crippen LogP contribution in [0.4, 0.5) is 20.2 Å². The molecule has 1 aromatic carbocycles. The molecule has 4 heterocycles.